The molecule has 5 nitrogen and oxygen atoms in total. The number of carbonyl (C=O) groups excluding carboxylic acids is 1. The number of carbonyl (C=O) groups is 1. The summed E-state index contributed by atoms with van der Waals surface area (Å²) >= 11 is 0. The van der Waals surface area contributed by atoms with Crippen LogP contribution in [0.15, 0.2) is 4.99 Å². The molecule has 2 rings (SSSR count). The zero-order valence-corrected chi connectivity index (χ0v) is 11.1. The van der Waals surface area contributed by atoms with Gasteiger partial charge in [0.25, 0.3) is 5.91 Å². The molecule has 0 aromatic carbocycles. The maximum atomic E-state index is 12.1. The minimum atomic E-state index is -0.555. The molecule has 0 aliphatic carbocycles. The number of guanidine groups is 1. The number of likely N-dealkylation sites (tertiary alicyclic amines) is 1. The van der Waals surface area contributed by atoms with Gasteiger partial charge in [-0.15, -0.1) is 0 Å². The molecule has 2 aliphatic rings. The van der Waals surface area contributed by atoms with E-state index >= 15 is 0 Å². The van der Waals surface area contributed by atoms with Gasteiger partial charge in [0.2, 0.25) is 0 Å². The molecule has 96 valence electrons. The molecule has 17 heavy (non-hydrogen) atoms. The molecule has 0 aromatic heterocycles. The molecule has 2 aliphatic heterocycles. The second-order valence-corrected chi connectivity index (χ2v) is 6.16. The third-order valence-electron chi connectivity index (χ3n) is 3.14. The summed E-state index contributed by atoms with van der Waals surface area (Å²) in [5.41, 5.74) is -0.640. The first kappa shape index (κ1) is 12.4. The topological polar surface area (TPSA) is 56.7 Å². The summed E-state index contributed by atoms with van der Waals surface area (Å²) in [4.78, 5) is 18.9. The van der Waals surface area contributed by atoms with E-state index in [1.807, 2.05) is 7.05 Å². The summed E-state index contributed by atoms with van der Waals surface area (Å²) in [5, 5.41) is 6.10. The summed E-state index contributed by atoms with van der Waals surface area (Å²) in [7, 11) is 2.04. The molecule has 1 amide bonds. The van der Waals surface area contributed by atoms with Crippen LogP contribution in [0.3, 0.4) is 0 Å². The van der Waals surface area contributed by atoms with E-state index in [0.29, 0.717) is 12.5 Å². The molecule has 0 saturated carbocycles. The molecule has 1 fully saturated rings. The number of hydrogen-bond acceptors (Lipinski definition) is 4. The highest BCUT2D eigenvalue weighted by atomic mass is 16.2. The number of nitrogens with one attached hydrogen (secondary N) is 2. The lowest BCUT2D eigenvalue weighted by molar-refractivity contribution is -0.125. The third kappa shape index (κ3) is 2.60. The van der Waals surface area contributed by atoms with Crippen molar-refractivity contribution in [2.45, 2.75) is 44.7 Å². The van der Waals surface area contributed by atoms with E-state index in [0.717, 1.165) is 19.4 Å². The highest BCUT2D eigenvalue weighted by Gasteiger charge is 2.46. The molecule has 1 atom stereocenters. The van der Waals surface area contributed by atoms with Gasteiger partial charge in [-0.3, -0.25) is 10.1 Å². The Morgan fingerprint density at radius 1 is 1.47 bits per heavy atom. The molecule has 2 heterocycles. The van der Waals surface area contributed by atoms with Crippen molar-refractivity contribution in [1.82, 2.24) is 15.5 Å². The maximum Gasteiger partial charge on any atom is 0.256 e. The standard InChI is InChI=1S/C12H22N4O/c1-11(2,3)14-10-13-9(17)12(15-10)6-5-7-16(4)8-12/h5-8H2,1-4H3,(H2,13,14,15,17). The Kier molecular flexibility index (Phi) is 2.89. The predicted molar refractivity (Wildman–Crippen MR) is 67.9 cm³/mol. The summed E-state index contributed by atoms with van der Waals surface area (Å²) in [6.07, 6.45) is 1.87. The van der Waals surface area contributed by atoms with Gasteiger partial charge in [-0.2, -0.15) is 0 Å². The van der Waals surface area contributed by atoms with Gasteiger partial charge >= 0.3 is 0 Å². The van der Waals surface area contributed by atoms with E-state index in [1.165, 1.54) is 0 Å². The predicted octanol–water partition coefficient (Wildman–Crippen LogP) is 0.325. The third-order valence-corrected chi connectivity index (χ3v) is 3.14. The Morgan fingerprint density at radius 2 is 2.18 bits per heavy atom. The number of piperidine rings is 1. The van der Waals surface area contributed by atoms with Crippen LogP contribution in [0, 0.1) is 0 Å². The van der Waals surface area contributed by atoms with Gasteiger partial charge in [0.1, 0.15) is 0 Å². The van der Waals surface area contributed by atoms with Crippen molar-refractivity contribution in [1.29, 1.82) is 0 Å². The summed E-state index contributed by atoms with van der Waals surface area (Å²) < 4.78 is 0. The fraction of sp³-hybridized carbons (Fsp3) is 0.833. The molecule has 5 heteroatoms. The van der Waals surface area contributed by atoms with Crippen LogP contribution in [-0.4, -0.2) is 48.0 Å². The highest BCUT2D eigenvalue weighted by molar-refractivity contribution is 6.07. The molecular weight excluding hydrogens is 216 g/mol. The maximum absolute atomic E-state index is 12.1. The zero-order chi connectivity index (χ0) is 12.7. The fourth-order valence-corrected chi connectivity index (χ4v) is 2.45. The average molecular weight is 238 g/mol. The lowest BCUT2D eigenvalue weighted by Gasteiger charge is -2.33. The molecule has 0 aromatic rings. The normalized spacial score (nSPS) is 30.4. The Hall–Kier alpha value is -1.10. The first-order valence-corrected chi connectivity index (χ1v) is 6.19. The summed E-state index contributed by atoms with van der Waals surface area (Å²) in [6, 6.07) is 0. The van der Waals surface area contributed by atoms with Crippen molar-refractivity contribution in [3.05, 3.63) is 0 Å². The van der Waals surface area contributed by atoms with Crippen LogP contribution < -0.4 is 10.6 Å². The number of aliphatic imine (C=N–C) groups is 1. The lowest BCUT2D eigenvalue weighted by atomic mass is 9.90. The molecule has 2 N–H and O–H groups in total. The van der Waals surface area contributed by atoms with Crippen LogP contribution in [0.5, 0.6) is 0 Å². The largest absolute Gasteiger partial charge is 0.351 e. The van der Waals surface area contributed by atoms with Gasteiger partial charge < -0.3 is 10.2 Å². The van der Waals surface area contributed by atoms with E-state index in [2.05, 4.69) is 41.3 Å². The van der Waals surface area contributed by atoms with Crippen LogP contribution in [0.1, 0.15) is 33.6 Å². The molecule has 1 saturated heterocycles. The quantitative estimate of drug-likeness (QED) is 0.639. The van der Waals surface area contributed by atoms with Crippen molar-refractivity contribution in [3.8, 4) is 0 Å². The average Bonchev–Trinajstić information content (AvgIpc) is 2.39. The minimum absolute atomic E-state index is 0.0378. The first-order valence-electron chi connectivity index (χ1n) is 6.19. The van der Waals surface area contributed by atoms with Crippen LogP contribution in [0.25, 0.3) is 0 Å². The van der Waals surface area contributed by atoms with E-state index in [4.69, 9.17) is 0 Å². The van der Waals surface area contributed by atoms with Crippen LogP contribution in [0.2, 0.25) is 0 Å². The smallest absolute Gasteiger partial charge is 0.256 e. The highest BCUT2D eigenvalue weighted by Crippen LogP contribution is 2.27. The summed E-state index contributed by atoms with van der Waals surface area (Å²) in [6.45, 7) is 7.93. The molecule has 1 spiro atoms. The van der Waals surface area contributed by atoms with E-state index in [9.17, 15) is 4.79 Å². The molecule has 0 radical (unpaired) electrons. The van der Waals surface area contributed by atoms with Gasteiger partial charge in [-0.05, 0) is 47.2 Å². The number of rotatable bonds is 0. The lowest BCUT2D eigenvalue weighted by Crippen LogP contribution is -2.52. The minimum Gasteiger partial charge on any atom is -0.351 e. The van der Waals surface area contributed by atoms with Gasteiger partial charge in [0.15, 0.2) is 11.5 Å². The second kappa shape index (κ2) is 3.98. The monoisotopic (exact) mass is 238 g/mol. The Balaban J connectivity index is 2.15. The Morgan fingerprint density at radius 3 is 2.76 bits per heavy atom. The second-order valence-electron chi connectivity index (χ2n) is 6.16. The number of nitrogens with zero attached hydrogens (tertiary/aromatic N) is 2. The van der Waals surface area contributed by atoms with Crippen LogP contribution in [0.4, 0.5) is 0 Å². The molecule has 1 unspecified atom stereocenters. The van der Waals surface area contributed by atoms with Gasteiger partial charge in [0.05, 0.1) is 0 Å². The van der Waals surface area contributed by atoms with Crippen LogP contribution >= 0.6 is 0 Å². The van der Waals surface area contributed by atoms with Gasteiger partial charge in [-0.1, -0.05) is 0 Å². The van der Waals surface area contributed by atoms with Crippen molar-refractivity contribution < 1.29 is 4.79 Å². The van der Waals surface area contributed by atoms with Crippen molar-refractivity contribution in [3.63, 3.8) is 0 Å². The summed E-state index contributed by atoms with van der Waals surface area (Å²) in [5.74, 6) is 0.661. The molecular formula is C12H22N4O. The number of amides is 1. The molecule has 0 bridgehead atoms. The van der Waals surface area contributed by atoms with E-state index in [1.54, 1.807) is 0 Å². The van der Waals surface area contributed by atoms with Crippen molar-refractivity contribution in [2.24, 2.45) is 4.99 Å². The fourth-order valence-electron chi connectivity index (χ4n) is 2.45. The van der Waals surface area contributed by atoms with Gasteiger partial charge in [-0.25, -0.2) is 4.99 Å². The van der Waals surface area contributed by atoms with Gasteiger partial charge in [0, 0.05) is 12.1 Å². The van der Waals surface area contributed by atoms with Crippen molar-refractivity contribution >= 4 is 11.9 Å². The number of hydrogen-bond donors (Lipinski definition) is 2. The van der Waals surface area contributed by atoms with E-state index in [-0.39, 0.29) is 11.4 Å². The van der Waals surface area contributed by atoms with E-state index < -0.39 is 5.54 Å². The Labute approximate surface area is 103 Å². The SMILES string of the molecule is CN1CCCC2(C1)N=C(NC(C)(C)C)NC2=O. The zero-order valence-electron chi connectivity index (χ0n) is 11.1. The number of likely N-dealkylation sites (N-methyl/N-ethyl adjacent to an activating group) is 1. The van der Waals surface area contributed by atoms with Crippen LogP contribution in [-0.2, 0) is 4.79 Å². The van der Waals surface area contributed by atoms with Crippen molar-refractivity contribution in [2.75, 3.05) is 20.1 Å². The first-order chi connectivity index (χ1) is 7.81. The Bertz CT molecular complexity index is 358.